The van der Waals surface area contributed by atoms with E-state index in [9.17, 15) is 9.59 Å². The summed E-state index contributed by atoms with van der Waals surface area (Å²) in [5, 5.41) is 12.1. The zero-order valence-corrected chi connectivity index (χ0v) is 14.8. The van der Waals surface area contributed by atoms with Gasteiger partial charge in [-0.05, 0) is 55.6 Å². The minimum absolute atomic E-state index is 0.0695. The lowest BCUT2D eigenvalue weighted by Gasteiger charge is -2.26. The van der Waals surface area contributed by atoms with Gasteiger partial charge < -0.3 is 10.4 Å². The van der Waals surface area contributed by atoms with Gasteiger partial charge in [0.1, 0.15) is 0 Å². The molecule has 1 aromatic rings. The summed E-state index contributed by atoms with van der Waals surface area (Å²) in [5.41, 5.74) is 2.53. The summed E-state index contributed by atoms with van der Waals surface area (Å²) >= 11 is 0. The Bertz CT molecular complexity index is 543. The molecule has 0 heterocycles. The normalized spacial score (nSPS) is 20.8. The van der Waals surface area contributed by atoms with Gasteiger partial charge in [0, 0.05) is 12.5 Å². The second-order valence-electron chi connectivity index (χ2n) is 7.37. The molecular formula is C20H29NO3. The van der Waals surface area contributed by atoms with Crippen LogP contribution in [0, 0.1) is 11.8 Å². The van der Waals surface area contributed by atoms with Gasteiger partial charge in [-0.25, -0.2) is 0 Å². The van der Waals surface area contributed by atoms with E-state index in [0.717, 1.165) is 25.7 Å². The van der Waals surface area contributed by atoms with Crippen molar-refractivity contribution in [2.45, 2.75) is 64.8 Å². The Morgan fingerprint density at radius 3 is 2.21 bits per heavy atom. The van der Waals surface area contributed by atoms with E-state index in [1.165, 1.54) is 11.1 Å². The van der Waals surface area contributed by atoms with Crippen LogP contribution in [-0.4, -0.2) is 23.0 Å². The van der Waals surface area contributed by atoms with E-state index >= 15 is 0 Å². The van der Waals surface area contributed by atoms with Crippen LogP contribution in [0.3, 0.4) is 0 Å². The average molecular weight is 331 g/mol. The van der Waals surface area contributed by atoms with Crippen LogP contribution in [0.15, 0.2) is 24.3 Å². The number of benzene rings is 1. The maximum Gasteiger partial charge on any atom is 0.306 e. The number of aliphatic carboxylic acids is 1. The van der Waals surface area contributed by atoms with Crippen molar-refractivity contribution in [3.05, 3.63) is 35.4 Å². The number of hydrogen-bond acceptors (Lipinski definition) is 2. The van der Waals surface area contributed by atoms with E-state index in [1.807, 2.05) is 0 Å². The van der Waals surface area contributed by atoms with Crippen molar-refractivity contribution in [1.82, 2.24) is 5.32 Å². The first-order chi connectivity index (χ1) is 11.4. The molecule has 2 rings (SSSR count). The fourth-order valence-electron chi connectivity index (χ4n) is 3.36. The van der Waals surface area contributed by atoms with E-state index in [4.69, 9.17) is 5.11 Å². The van der Waals surface area contributed by atoms with Gasteiger partial charge in [0.05, 0.1) is 5.92 Å². The lowest BCUT2D eigenvalue weighted by atomic mass is 9.86. The molecule has 1 saturated carbocycles. The van der Waals surface area contributed by atoms with Crippen LogP contribution in [-0.2, 0) is 22.4 Å². The molecule has 0 bridgehead atoms. The number of carbonyl (C=O) groups excluding carboxylic acids is 1. The molecule has 4 nitrogen and oxygen atoms in total. The summed E-state index contributed by atoms with van der Waals surface area (Å²) in [5.74, 6) is -0.221. The van der Waals surface area contributed by atoms with Crippen molar-refractivity contribution in [3.63, 3.8) is 0 Å². The van der Waals surface area contributed by atoms with E-state index in [2.05, 4.69) is 43.4 Å². The van der Waals surface area contributed by atoms with Crippen LogP contribution < -0.4 is 5.32 Å². The van der Waals surface area contributed by atoms with Crippen LogP contribution in [0.5, 0.6) is 0 Å². The fraction of sp³-hybridized carbons (Fsp3) is 0.600. The van der Waals surface area contributed by atoms with Gasteiger partial charge in [0.25, 0.3) is 0 Å². The second kappa shape index (κ2) is 8.86. The van der Waals surface area contributed by atoms with Crippen LogP contribution in [0.1, 0.15) is 57.1 Å². The Kier molecular flexibility index (Phi) is 6.83. The third kappa shape index (κ3) is 5.99. The van der Waals surface area contributed by atoms with E-state index in [0.29, 0.717) is 25.2 Å². The molecule has 1 fully saturated rings. The van der Waals surface area contributed by atoms with Crippen molar-refractivity contribution in [1.29, 1.82) is 0 Å². The molecular weight excluding hydrogens is 302 g/mol. The van der Waals surface area contributed by atoms with E-state index in [1.54, 1.807) is 0 Å². The SMILES string of the molecule is CC(C)Cc1ccc(CCC(=O)NC2CCC(C(=O)O)CC2)cc1. The Labute approximate surface area is 144 Å². The molecule has 0 saturated heterocycles. The fourth-order valence-corrected chi connectivity index (χ4v) is 3.36. The first kappa shape index (κ1) is 18.5. The summed E-state index contributed by atoms with van der Waals surface area (Å²) in [6, 6.07) is 8.67. The summed E-state index contributed by atoms with van der Waals surface area (Å²) in [4.78, 5) is 23.0. The number of amides is 1. The van der Waals surface area contributed by atoms with Gasteiger partial charge in [-0.3, -0.25) is 9.59 Å². The van der Waals surface area contributed by atoms with Crippen molar-refractivity contribution in [3.8, 4) is 0 Å². The van der Waals surface area contributed by atoms with Gasteiger partial charge >= 0.3 is 5.97 Å². The van der Waals surface area contributed by atoms with Crippen LogP contribution in [0.4, 0.5) is 0 Å². The molecule has 24 heavy (non-hydrogen) atoms. The largest absolute Gasteiger partial charge is 0.481 e. The molecule has 1 aromatic carbocycles. The Balaban J connectivity index is 1.70. The highest BCUT2D eigenvalue weighted by molar-refractivity contribution is 5.76. The van der Waals surface area contributed by atoms with Crippen LogP contribution >= 0.6 is 0 Å². The molecule has 0 unspecified atom stereocenters. The molecule has 0 aromatic heterocycles. The molecule has 1 amide bonds. The lowest BCUT2D eigenvalue weighted by Crippen LogP contribution is -2.38. The minimum Gasteiger partial charge on any atom is -0.481 e. The maximum atomic E-state index is 12.1. The van der Waals surface area contributed by atoms with E-state index < -0.39 is 5.97 Å². The second-order valence-corrected chi connectivity index (χ2v) is 7.37. The van der Waals surface area contributed by atoms with Crippen LogP contribution in [0.25, 0.3) is 0 Å². The Morgan fingerprint density at radius 2 is 1.67 bits per heavy atom. The monoisotopic (exact) mass is 331 g/mol. The highest BCUT2D eigenvalue weighted by atomic mass is 16.4. The number of nitrogens with one attached hydrogen (secondary N) is 1. The molecule has 0 radical (unpaired) electrons. The molecule has 0 aliphatic heterocycles. The number of carbonyl (C=O) groups is 2. The molecule has 132 valence electrons. The summed E-state index contributed by atoms with van der Waals surface area (Å²) in [6.07, 6.45) is 5.19. The van der Waals surface area contributed by atoms with Gasteiger partial charge in [0.2, 0.25) is 5.91 Å². The zero-order valence-electron chi connectivity index (χ0n) is 14.8. The highest BCUT2D eigenvalue weighted by Crippen LogP contribution is 2.24. The first-order valence-electron chi connectivity index (χ1n) is 9.04. The van der Waals surface area contributed by atoms with Crippen LogP contribution in [0.2, 0.25) is 0 Å². The van der Waals surface area contributed by atoms with Gasteiger partial charge in [-0.2, -0.15) is 0 Å². The lowest BCUT2D eigenvalue weighted by molar-refractivity contribution is -0.142. The predicted molar refractivity (Wildman–Crippen MR) is 94.8 cm³/mol. The number of rotatable bonds is 7. The molecule has 1 aliphatic carbocycles. The third-order valence-corrected chi connectivity index (χ3v) is 4.75. The molecule has 0 atom stereocenters. The third-order valence-electron chi connectivity index (χ3n) is 4.75. The number of carboxylic acids is 1. The van der Waals surface area contributed by atoms with E-state index in [-0.39, 0.29) is 17.9 Å². The predicted octanol–water partition coefficient (Wildman–Crippen LogP) is 3.58. The van der Waals surface area contributed by atoms with Crippen molar-refractivity contribution in [2.75, 3.05) is 0 Å². The van der Waals surface area contributed by atoms with Gasteiger partial charge in [-0.15, -0.1) is 0 Å². The molecule has 1 aliphatic rings. The van der Waals surface area contributed by atoms with Crippen molar-refractivity contribution < 1.29 is 14.7 Å². The number of aryl methyl sites for hydroxylation is 1. The maximum absolute atomic E-state index is 12.1. The van der Waals surface area contributed by atoms with Gasteiger partial charge in [0.15, 0.2) is 0 Å². The first-order valence-corrected chi connectivity index (χ1v) is 9.04. The molecule has 0 spiro atoms. The summed E-state index contributed by atoms with van der Waals surface area (Å²) in [6.45, 7) is 4.42. The Hall–Kier alpha value is -1.84. The average Bonchev–Trinajstić information content (AvgIpc) is 2.54. The highest BCUT2D eigenvalue weighted by Gasteiger charge is 2.26. The zero-order chi connectivity index (χ0) is 17.5. The summed E-state index contributed by atoms with van der Waals surface area (Å²) < 4.78 is 0. The topological polar surface area (TPSA) is 66.4 Å². The minimum atomic E-state index is -0.708. The molecule has 4 heteroatoms. The smallest absolute Gasteiger partial charge is 0.306 e. The quantitative estimate of drug-likeness (QED) is 0.802. The number of hydrogen-bond donors (Lipinski definition) is 2. The van der Waals surface area contributed by atoms with Crippen molar-refractivity contribution >= 4 is 11.9 Å². The summed E-state index contributed by atoms with van der Waals surface area (Å²) in [7, 11) is 0. The van der Waals surface area contributed by atoms with Gasteiger partial charge in [-0.1, -0.05) is 38.1 Å². The number of carboxylic acid groups (broad SMARTS) is 1. The standard InChI is InChI=1S/C20H29NO3/c1-14(2)13-16-5-3-15(4-6-16)7-12-19(22)21-18-10-8-17(9-11-18)20(23)24/h3-6,14,17-18H,7-13H2,1-2H3,(H,21,22)(H,23,24). The Morgan fingerprint density at radius 1 is 1.08 bits per heavy atom. The van der Waals surface area contributed by atoms with Crippen molar-refractivity contribution in [2.24, 2.45) is 11.8 Å². The molecule has 2 N–H and O–H groups in total.